The van der Waals surface area contributed by atoms with E-state index in [1.165, 1.54) is 18.6 Å². The number of amides is 1. The van der Waals surface area contributed by atoms with Crippen LogP contribution in [-0.2, 0) is 4.74 Å². The third-order valence-corrected chi connectivity index (χ3v) is 6.00. The molecule has 2 aromatic carbocycles. The Morgan fingerprint density at radius 3 is 2.48 bits per heavy atom. The Labute approximate surface area is 185 Å². The van der Waals surface area contributed by atoms with Crippen LogP contribution in [-0.4, -0.2) is 50.2 Å². The molecular weight excluding hydrogens is 420 g/mol. The first-order valence-electron chi connectivity index (χ1n) is 10.5. The Balaban J connectivity index is 1.67. The number of morpholine rings is 1. The van der Waals surface area contributed by atoms with Gasteiger partial charge in [0.25, 0.3) is 11.6 Å². The second kappa shape index (κ2) is 9.53. The van der Waals surface area contributed by atoms with E-state index in [1.54, 1.807) is 12.1 Å². The second-order valence-corrected chi connectivity index (χ2v) is 8.10. The Hall–Kier alpha value is -2.84. The van der Waals surface area contributed by atoms with Crippen LogP contribution in [0.3, 0.4) is 0 Å². The van der Waals surface area contributed by atoms with Gasteiger partial charge in [-0.05, 0) is 37.5 Å². The van der Waals surface area contributed by atoms with Crippen molar-refractivity contribution in [3.63, 3.8) is 0 Å². The average molecular weight is 445 g/mol. The van der Waals surface area contributed by atoms with E-state index < -0.39 is 10.8 Å². The number of piperidine rings is 1. The number of ether oxygens (including phenoxy) is 1. The summed E-state index contributed by atoms with van der Waals surface area (Å²) in [6.07, 6.45) is 3.33. The van der Waals surface area contributed by atoms with Crippen LogP contribution in [0.2, 0.25) is 5.02 Å². The molecule has 0 spiro atoms. The number of nitrogens with one attached hydrogen (secondary N) is 1. The number of nitrogens with zero attached hydrogens (tertiary/aromatic N) is 3. The molecular formula is C22H25ClN4O4. The van der Waals surface area contributed by atoms with E-state index in [9.17, 15) is 14.9 Å². The molecule has 0 saturated carbocycles. The van der Waals surface area contributed by atoms with Crippen molar-refractivity contribution in [2.24, 2.45) is 0 Å². The molecule has 0 unspecified atom stereocenters. The van der Waals surface area contributed by atoms with E-state index in [4.69, 9.17) is 16.3 Å². The molecule has 31 heavy (non-hydrogen) atoms. The van der Waals surface area contributed by atoms with Gasteiger partial charge in [-0.2, -0.15) is 0 Å². The lowest BCUT2D eigenvalue weighted by molar-refractivity contribution is -0.384. The van der Waals surface area contributed by atoms with Crippen molar-refractivity contribution in [3.8, 4) is 0 Å². The molecule has 8 nitrogen and oxygen atoms in total. The number of hydrogen-bond acceptors (Lipinski definition) is 6. The molecule has 0 aromatic heterocycles. The van der Waals surface area contributed by atoms with Crippen LogP contribution in [0.5, 0.6) is 0 Å². The molecule has 1 amide bonds. The molecule has 2 saturated heterocycles. The van der Waals surface area contributed by atoms with Gasteiger partial charge in [-0.15, -0.1) is 0 Å². The summed E-state index contributed by atoms with van der Waals surface area (Å²) in [6.45, 7) is 4.09. The van der Waals surface area contributed by atoms with Crippen molar-refractivity contribution >= 4 is 40.3 Å². The highest BCUT2D eigenvalue weighted by atomic mass is 35.5. The zero-order chi connectivity index (χ0) is 21.8. The molecule has 0 atom stereocenters. The summed E-state index contributed by atoms with van der Waals surface area (Å²) in [5, 5.41) is 14.9. The quantitative estimate of drug-likeness (QED) is 0.545. The summed E-state index contributed by atoms with van der Waals surface area (Å²) < 4.78 is 5.40. The molecule has 9 heteroatoms. The smallest absolute Gasteiger partial charge is 0.270 e. The largest absolute Gasteiger partial charge is 0.378 e. The Bertz CT molecular complexity index is 972. The Morgan fingerprint density at radius 2 is 1.77 bits per heavy atom. The first-order valence-corrected chi connectivity index (χ1v) is 10.9. The van der Waals surface area contributed by atoms with Crippen LogP contribution in [0.15, 0.2) is 36.4 Å². The molecule has 0 radical (unpaired) electrons. The lowest BCUT2D eigenvalue weighted by Crippen LogP contribution is -2.37. The fourth-order valence-electron chi connectivity index (χ4n) is 4.14. The van der Waals surface area contributed by atoms with Gasteiger partial charge in [-0.1, -0.05) is 17.7 Å². The minimum Gasteiger partial charge on any atom is -0.378 e. The van der Waals surface area contributed by atoms with Crippen LogP contribution < -0.4 is 15.1 Å². The number of halogens is 1. The highest BCUT2D eigenvalue weighted by Crippen LogP contribution is 2.36. The first kappa shape index (κ1) is 21.4. The lowest BCUT2D eigenvalue weighted by Gasteiger charge is -2.32. The summed E-state index contributed by atoms with van der Waals surface area (Å²) in [7, 11) is 0. The van der Waals surface area contributed by atoms with E-state index in [0.29, 0.717) is 42.7 Å². The SMILES string of the molecule is O=C(Nc1cccc(Cl)c1N1CCCCC1)c1cc([N+](=O)[O-])ccc1N1CCOCC1. The third-order valence-electron chi connectivity index (χ3n) is 5.69. The normalized spacial score (nSPS) is 16.8. The van der Waals surface area contributed by atoms with Gasteiger partial charge < -0.3 is 19.9 Å². The van der Waals surface area contributed by atoms with Gasteiger partial charge >= 0.3 is 0 Å². The van der Waals surface area contributed by atoms with E-state index in [1.807, 2.05) is 17.0 Å². The molecule has 0 aliphatic carbocycles. The maximum atomic E-state index is 13.3. The molecule has 2 heterocycles. The Kier molecular flexibility index (Phi) is 6.58. The molecule has 2 aromatic rings. The highest BCUT2D eigenvalue weighted by molar-refractivity contribution is 6.34. The van der Waals surface area contributed by atoms with Crippen LogP contribution in [0.25, 0.3) is 0 Å². The van der Waals surface area contributed by atoms with Crippen molar-refractivity contribution in [1.29, 1.82) is 0 Å². The fourth-order valence-corrected chi connectivity index (χ4v) is 4.44. The number of benzene rings is 2. The van der Waals surface area contributed by atoms with Gasteiger partial charge in [-0.3, -0.25) is 14.9 Å². The standard InChI is InChI=1S/C22H25ClN4O4/c23-18-5-4-6-19(21(18)26-9-2-1-3-10-26)24-22(28)17-15-16(27(29)30)7-8-20(17)25-11-13-31-14-12-25/h4-8,15H,1-3,9-14H2,(H,24,28). The monoisotopic (exact) mass is 444 g/mol. The number of para-hydroxylation sites is 1. The molecule has 2 aliphatic heterocycles. The van der Waals surface area contributed by atoms with E-state index in [0.717, 1.165) is 31.6 Å². The summed E-state index contributed by atoms with van der Waals surface area (Å²) in [5.74, 6) is -0.397. The van der Waals surface area contributed by atoms with Gasteiger partial charge in [0.1, 0.15) is 0 Å². The number of anilines is 3. The molecule has 164 valence electrons. The fraction of sp³-hybridized carbons (Fsp3) is 0.409. The van der Waals surface area contributed by atoms with Gasteiger partial charge in [0.2, 0.25) is 0 Å². The van der Waals surface area contributed by atoms with Crippen molar-refractivity contribution in [2.45, 2.75) is 19.3 Å². The summed E-state index contributed by atoms with van der Waals surface area (Å²) in [4.78, 5) is 28.4. The van der Waals surface area contributed by atoms with Crippen LogP contribution in [0, 0.1) is 10.1 Å². The van der Waals surface area contributed by atoms with Crippen LogP contribution in [0.1, 0.15) is 29.6 Å². The van der Waals surface area contributed by atoms with Crippen LogP contribution >= 0.6 is 11.6 Å². The minimum absolute atomic E-state index is 0.121. The van der Waals surface area contributed by atoms with E-state index in [2.05, 4.69) is 10.2 Å². The topological polar surface area (TPSA) is 88.0 Å². The number of hydrogen-bond donors (Lipinski definition) is 1. The summed E-state index contributed by atoms with van der Waals surface area (Å²) in [5.41, 5.74) is 2.22. The van der Waals surface area contributed by atoms with Crippen molar-refractivity contribution in [1.82, 2.24) is 0 Å². The van der Waals surface area contributed by atoms with Crippen LogP contribution in [0.4, 0.5) is 22.7 Å². The van der Waals surface area contributed by atoms with E-state index >= 15 is 0 Å². The summed E-state index contributed by atoms with van der Waals surface area (Å²) >= 11 is 6.51. The Morgan fingerprint density at radius 1 is 1.03 bits per heavy atom. The number of nitro benzene ring substituents is 1. The van der Waals surface area contributed by atoms with Crippen molar-refractivity contribution in [3.05, 3.63) is 57.1 Å². The van der Waals surface area contributed by atoms with Crippen molar-refractivity contribution < 1.29 is 14.5 Å². The average Bonchev–Trinajstić information content (AvgIpc) is 2.80. The van der Waals surface area contributed by atoms with Gasteiger partial charge in [0.15, 0.2) is 0 Å². The second-order valence-electron chi connectivity index (χ2n) is 7.70. The minimum atomic E-state index is -0.488. The summed E-state index contributed by atoms with van der Waals surface area (Å²) in [6, 6.07) is 9.84. The molecule has 4 rings (SSSR count). The zero-order valence-corrected chi connectivity index (χ0v) is 17.9. The zero-order valence-electron chi connectivity index (χ0n) is 17.2. The molecule has 1 N–H and O–H groups in total. The van der Waals surface area contributed by atoms with Gasteiger partial charge in [0, 0.05) is 38.3 Å². The maximum absolute atomic E-state index is 13.3. The molecule has 2 fully saturated rings. The lowest BCUT2D eigenvalue weighted by atomic mass is 10.1. The predicted octanol–water partition coefficient (Wildman–Crippen LogP) is 4.33. The van der Waals surface area contributed by atoms with Gasteiger partial charge in [-0.25, -0.2) is 0 Å². The van der Waals surface area contributed by atoms with Gasteiger partial charge in [0.05, 0.1) is 45.8 Å². The number of carbonyl (C=O) groups is 1. The predicted molar refractivity (Wildman–Crippen MR) is 122 cm³/mol. The molecule has 2 aliphatic rings. The first-order chi connectivity index (χ1) is 15.0. The number of rotatable bonds is 5. The van der Waals surface area contributed by atoms with E-state index in [-0.39, 0.29) is 11.3 Å². The number of carbonyl (C=O) groups excluding carboxylic acids is 1. The number of nitro groups is 1. The van der Waals surface area contributed by atoms with Crippen molar-refractivity contribution in [2.75, 3.05) is 54.5 Å². The maximum Gasteiger partial charge on any atom is 0.270 e. The molecule has 0 bridgehead atoms. The third kappa shape index (κ3) is 4.75. The number of non-ortho nitro benzene ring substituents is 1. The highest BCUT2D eigenvalue weighted by Gasteiger charge is 2.24.